The van der Waals surface area contributed by atoms with E-state index in [2.05, 4.69) is 0 Å². The Balaban J connectivity index is 3.18. The lowest BCUT2D eigenvalue weighted by Crippen LogP contribution is -2.12. The van der Waals surface area contributed by atoms with Gasteiger partial charge in [0.05, 0.1) is 10.6 Å². The van der Waals surface area contributed by atoms with Crippen LogP contribution in [-0.4, -0.2) is 6.29 Å². The molecule has 1 aromatic rings. The number of hydrogen-bond donors (Lipinski definition) is 0. The van der Waals surface area contributed by atoms with Crippen LogP contribution in [0.1, 0.15) is 18.1 Å². The van der Waals surface area contributed by atoms with Crippen LogP contribution in [0.2, 0.25) is 5.02 Å². The number of rotatable bonds is 3. The number of carbonyl (C=O) groups excluding carboxylic acids is 1. The molecule has 1 unspecified atom stereocenters. The SMILES string of the molecule is CC(C=O)Cc1cccc(Cl)c1C(F)(F)F. The fraction of sp³-hybridized carbons (Fsp3) is 0.364. The summed E-state index contributed by atoms with van der Waals surface area (Å²) in [5, 5.41) is -0.330. The van der Waals surface area contributed by atoms with Crippen molar-refractivity contribution in [1.29, 1.82) is 0 Å². The van der Waals surface area contributed by atoms with Crippen LogP contribution in [-0.2, 0) is 17.4 Å². The fourth-order valence-corrected chi connectivity index (χ4v) is 1.75. The highest BCUT2D eigenvalue weighted by Crippen LogP contribution is 2.37. The Hall–Kier alpha value is -1.03. The number of hydrogen-bond acceptors (Lipinski definition) is 1. The molecule has 0 fully saturated rings. The van der Waals surface area contributed by atoms with Crippen molar-refractivity contribution in [2.45, 2.75) is 19.5 Å². The highest BCUT2D eigenvalue weighted by molar-refractivity contribution is 6.31. The first-order valence-corrected chi connectivity index (χ1v) is 5.04. The van der Waals surface area contributed by atoms with Crippen molar-refractivity contribution in [1.82, 2.24) is 0 Å². The molecule has 0 bridgehead atoms. The lowest BCUT2D eigenvalue weighted by atomic mass is 9.97. The van der Waals surface area contributed by atoms with Gasteiger partial charge in [0.1, 0.15) is 6.29 Å². The zero-order chi connectivity index (χ0) is 12.3. The molecule has 88 valence electrons. The van der Waals surface area contributed by atoms with Crippen LogP contribution in [0.5, 0.6) is 0 Å². The third-order valence-corrected chi connectivity index (χ3v) is 2.47. The minimum atomic E-state index is -4.49. The summed E-state index contributed by atoms with van der Waals surface area (Å²) in [4.78, 5) is 10.4. The van der Waals surface area contributed by atoms with Crippen molar-refractivity contribution < 1.29 is 18.0 Å². The molecule has 0 N–H and O–H groups in total. The van der Waals surface area contributed by atoms with Gasteiger partial charge in [0, 0.05) is 5.92 Å². The predicted octanol–water partition coefficient (Wildman–Crippen LogP) is 3.74. The molecule has 0 amide bonds. The monoisotopic (exact) mass is 250 g/mol. The van der Waals surface area contributed by atoms with E-state index in [9.17, 15) is 18.0 Å². The van der Waals surface area contributed by atoms with E-state index < -0.39 is 17.7 Å². The van der Waals surface area contributed by atoms with Crippen molar-refractivity contribution in [2.75, 3.05) is 0 Å². The summed E-state index contributed by atoms with van der Waals surface area (Å²) < 4.78 is 38.1. The summed E-state index contributed by atoms with van der Waals surface area (Å²) in [6.07, 6.45) is -3.82. The molecule has 16 heavy (non-hydrogen) atoms. The average Bonchev–Trinajstić information content (AvgIpc) is 2.15. The minimum Gasteiger partial charge on any atom is -0.303 e. The Morgan fingerprint density at radius 2 is 2.06 bits per heavy atom. The van der Waals surface area contributed by atoms with Crippen LogP contribution >= 0.6 is 11.6 Å². The second kappa shape index (κ2) is 4.87. The Kier molecular flexibility index (Phi) is 3.97. The summed E-state index contributed by atoms with van der Waals surface area (Å²) in [6.45, 7) is 1.56. The third-order valence-electron chi connectivity index (χ3n) is 2.16. The van der Waals surface area contributed by atoms with Crippen molar-refractivity contribution in [3.05, 3.63) is 34.3 Å². The third kappa shape index (κ3) is 2.98. The van der Waals surface area contributed by atoms with Gasteiger partial charge in [-0.25, -0.2) is 0 Å². The minimum absolute atomic E-state index is 0.0406. The maximum atomic E-state index is 12.7. The second-order valence-electron chi connectivity index (χ2n) is 3.59. The van der Waals surface area contributed by atoms with Gasteiger partial charge in [-0.15, -0.1) is 0 Å². The van der Waals surface area contributed by atoms with Crippen LogP contribution in [0, 0.1) is 5.92 Å². The molecule has 0 aliphatic carbocycles. The Labute approximate surface area is 96.2 Å². The number of halogens is 4. The lowest BCUT2D eigenvalue weighted by molar-refractivity contribution is -0.138. The highest BCUT2D eigenvalue weighted by atomic mass is 35.5. The van der Waals surface area contributed by atoms with Crippen molar-refractivity contribution in [3.8, 4) is 0 Å². The lowest BCUT2D eigenvalue weighted by Gasteiger charge is -2.15. The van der Waals surface area contributed by atoms with E-state index in [1.54, 1.807) is 6.92 Å². The van der Waals surface area contributed by atoms with E-state index in [4.69, 9.17) is 11.6 Å². The summed E-state index contributed by atoms with van der Waals surface area (Å²) in [7, 11) is 0. The fourth-order valence-electron chi connectivity index (χ4n) is 1.45. The molecule has 1 aromatic carbocycles. The Morgan fingerprint density at radius 1 is 1.44 bits per heavy atom. The molecule has 0 heterocycles. The Morgan fingerprint density at radius 3 is 2.56 bits per heavy atom. The molecule has 5 heteroatoms. The van der Waals surface area contributed by atoms with Gasteiger partial charge in [0.25, 0.3) is 0 Å². The van der Waals surface area contributed by atoms with Crippen LogP contribution in [0.3, 0.4) is 0 Å². The van der Waals surface area contributed by atoms with Crippen LogP contribution in [0.15, 0.2) is 18.2 Å². The van der Waals surface area contributed by atoms with E-state index in [1.807, 2.05) is 0 Å². The summed E-state index contributed by atoms with van der Waals surface area (Å²) in [5.41, 5.74) is -0.787. The van der Waals surface area contributed by atoms with Gasteiger partial charge in [0.15, 0.2) is 0 Å². The summed E-state index contributed by atoms with van der Waals surface area (Å²) >= 11 is 5.53. The van der Waals surface area contributed by atoms with E-state index in [1.165, 1.54) is 18.2 Å². The van der Waals surface area contributed by atoms with Gasteiger partial charge in [-0.3, -0.25) is 0 Å². The maximum Gasteiger partial charge on any atom is 0.418 e. The maximum absolute atomic E-state index is 12.7. The molecule has 0 saturated carbocycles. The zero-order valence-electron chi connectivity index (χ0n) is 8.51. The van der Waals surface area contributed by atoms with Crippen molar-refractivity contribution in [2.24, 2.45) is 5.92 Å². The first-order valence-electron chi connectivity index (χ1n) is 4.66. The van der Waals surface area contributed by atoms with Gasteiger partial charge in [-0.1, -0.05) is 30.7 Å². The van der Waals surface area contributed by atoms with E-state index >= 15 is 0 Å². The van der Waals surface area contributed by atoms with Crippen LogP contribution < -0.4 is 0 Å². The summed E-state index contributed by atoms with van der Waals surface area (Å²) in [5.74, 6) is -0.459. The molecule has 0 radical (unpaired) electrons. The molecule has 0 aromatic heterocycles. The van der Waals surface area contributed by atoms with Crippen LogP contribution in [0.4, 0.5) is 13.2 Å². The van der Waals surface area contributed by atoms with Crippen molar-refractivity contribution >= 4 is 17.9 Å². The number of carbonyl (C=O) groups is 1. The van der Waals surface area contributed by atoms with E-state index in [-0.39, 0.29) is 17.0 Å². The van der Waals surface area contributed by atoms with Gasteiger partial charge < -0.3 is 4.79 Å². The van der Waals surface area contributed by atoms with Crippen molar-refractivity contribution in [3.63, 3.8) is 0 Å². The molecular formula is C11H10ClF3O. The van der Waals surface area contributed by atoms with E-state index in [0.717, 1.165) is 0 Å². The number of benzene rings is 1. The molecule has 1 nitrogen and oxygen atoms in total. The topological polar surface area (TPSA) is 17.1 Å². The first-order chi connectivity index (χ1) is 7.36. The average molecular weight is 251 g/mol. The van der Waals surface area contributed by atoms with E-state index in [0.29, 0.717) is 6.29 Å². The van der Waals surface area contributed by atoms with Gasteiger partial charge in [-0.05, 0) is 18.1 Å². The Bertz CT molecular complexity index is 387. The van der Waals surface area contributed by atoms with Gasteiger partial charge in [0.2, 0.25) is 0 Å². The number of alkyl halides is 3. The standard InChI is InChI=1S/C11H10ClF3O/c1-7(6-16)5-8-3-2-4-9(12)10(8)11(13,14)15/h2-4,6-7H,5H2,1H3. The second-order valence-corrected chi connectivity index (χ2v) is 4.00. The van der Waals surface area contributed by atoms with Gasteiger partial charge in [-0.2, -0.15) is 13.2 Å². The normalized spacial score (nSPS) is 13.6. The molecular weight excluding hydrogens is 241 g/mol. The quantitative estimate of drug-likeness (QED) is 0.747. The molecule has 1 rings (SSSR count). The molecule has 0 aliphatic heterocycles. The molecule has 0 saturated heterocycles. The molecule has 0 aliphatic rings. The van der Waals surface area contributed by atoms with Gasteiger partial charge >= 0.3 is 6.18 Å². The van der Waals surface area contributed by atoms with Crippen LogP contribution in [0.25, 0.3) is 0 Å². The highest BCUT2D eigenvalue weighted by Gasteiger charge is 2.35. The first kappa shape index (κ1) is 13.0. The number of aldehydes is 1. The predicted molar refractivity (Wildman–Crippen MR) is 55.4 cm³/mol. The summed E-state index contributed by atoms with van der Waals surface area (Å²) in [6, 6.07) is 3.98. The molecule has 0 spiro atoms. The zero-order valence-corrected chi connectivity index (χ0v) is 9.27. The largest absolute Gasteiger partial charge is 0.418 e. The molecule has 1 atom stereocenters. The smallest absolute Gasteiger partial charge is 0.303 e.